The van der Waals surface area contributed by atoms with Crippen LogP contribution in [0.1, 0.15) is 20.8 Å². The number of amides is 1. The van der Waals surface area contributed by atoms with Crippen LogP contribution in [0.2, 0.25) is 0 Å². The molecule has 1 saturated heterocycles. The highest BCUT2D eigenvalue weighted by atomic mass is 19.1. The van der Waals surface area contributed by atoms with Crippen molar-refractivity contribution in [2.75, 3.05) is 42.5 Å². The van der Waals surface area contributed by atoms with E-state index < -0.39 is 5.41 Å². The van der Waals surface area contributed by atoms with Gasteiger partial charge in [-0.15, -0.1) is 0 Å². The zero-order valence-corrected chi connectivity index (χ0v) is 18.2. The summed E-state index contributed by atoms with van der Waals surface area (Å²) in [6.07, 6.45) is 3.36. The standard InChI is InChI=1S/C22H28FN7O/c1-22(2,3)21(31)24-8-9-30-20-18(14-27-30)19(25-15-26-20)29-12-10-28(11-13-29)17-6-4-16(23)5-7-17/h4-7,14-15H,8-13H2,1-3H3,(H,24,31). The number of nitrogens with one attached hydrogen (secondary N) is 1. The van der Waals surface area contributed by atoms with Gasteiger partial charge in [0.05, 0.1) is 18.1 Å². The van der Waals surface area contributed by atoms with Crippen LogP contribution in [0.3, 0.4) is 0 Å². The lowest BCUT2D eigenvalue weighted by Crippen LogP contribution is -2.46. The van der Waals surface area contributed by atoms with Gasteiger partial charge in [-0.3, -0.25) is 4.79 Å². The van der Waals surface area contributed by atoms with Crippen LogP contribution >= 0.6 is 0 Å². The van der Waals surface area contributed by atoms with Crippen molar-refractivity contribution in [2.24, 2.45) is 5.41 Å². The number of hydrogen-bond donors (Lipinski definition) is 1. The fraction of sp³-hybridized carbons (Fsp3) is 0.455. The molecule has 9 heteroatoms. The first-order valence-corrected chi connectivity index (χ1v) is 10.5. The summed E-state index contributed by atoms with van der Waals surface area (Å²) in [5.74, 6) is 0.660. The van der Waals surface area contributed by atoms with E-state index in [0.717, 1.165) is 48.7 Å². The Morgan fingerprint density at radius 2 is 1.74 bits per heavy atom. The maximum Gasteiger partial charge on any atom is 0.225 e. The van der Waals surface area contributed by atoms with Crippen molar-refractivity contribution in [3.05, 3.63) is 42.6 Å². The summed E-state index contributed by atoms with van der Waals surface area (Å²) >= 11 is 0. The highest BCUT2D eigenvalue weighted by Gasteiger charge is 2.22. The highest BCUT2D eigenvalue weighted by molar-refractivity contribution is 5.87. The van der Waals surface area contributed by atoms with E-state index in [0.29, 0.717) is 13.1 Å². The molecule has 4 rings (SSSR count). The molecule has 1 fully saturated rings. The van der Waals surface area contributed by atoms with Gasteiger partial charge >= 0.3 is 0 Å². The summed E-state index contributed by atoms with van der Waals surface area (Å²) < 4.78 is 15.0. The fourth-order valence-electron chi connectivity index (χ4n) is 3.67. The maximum atomic E-state index is 13.2. The van der Waals surface area contributed by atoms with E-state index in [2.05, 4.69) is 30.2 Å². The molecule has 2 aromatic heterocycles. The number of carbonyl (C=O) groups excluding carboxylic acids is 1. The molecule has 8 nitrogen and oxygen atoms in total. The van der Waals surface area contributed by atoms with Crippen LogP contribution in [0.4, 0.5) is 15.9 Å². The van der Waals surface area contributed by atoms with Crippen LogP contribution in [0, 0.1) is 11.2 Å². The molecule has 1 aliphatic heterocycles. The molecular weight excluding hydrogens is 397 g/mol. The molecule has 1 aliphatic rings. The smallest absolute Gasteiger partial charge is 0.225 e. The largest absolute Gasteiger partial charge is 0.368 e. The number of piperazine rings is 1. The van der Waals surface area contributed by atoms with Crippen molar-refractivity contribution < 1.29 is 9.18 Å². The summed E-state index contributed by atoms with van der Waals surface area (Å²) in [6.45, 7) is 9.95. The second-order valence-corrected chi connectivity index (χ2v) is 8.76. The summed E-state index contributed by atoms with van der Waals surface area (Å²) in [6, 6.07) is 6.62. The van der Waals surface area contributed by atoms with Crippen LogP contribution < -0.4 is 15.1 Å². The predicted molar refractivity (Wildman–Crippen MR) is 119 cm³/mol. The van der Waals surface area contributed by atoms with Crippen LogP contribution in [-0.2, 0) is 11.3 Å². The summed E-state index contributed by atoms with van der Waals surface area (Å²) in [4.78, 5) is 25.5. The molecule has 0 saturated carbocycles. The molecule has 0 atom stereocenters. The van der Waals surface area contributed by atoms with Gasteiger partial charge in [0.2, 0.25) is 5.91 Å². The number of hydrogen-bond acceptors (Lipinski definition) is 6. The van der Waals surface area contributed by atoms with Gasteiger partial charge < -0.3 is 15.1 Å². The van der Waals surface area contributed by atoms with E-state index in [1.54, 1.807) is 17.2 Å². The molecule has 1 aromatic carbocycles. The van der Waals surface area contributed by atoms with Crippen LogP contribution in [0.25, 0.3) is 11.0 Å². The molecule has 0 spiro atoms. The van der Waals surface area contributed by atoms with Crippen molar-refractivity contribution >= 4 is 28.4 Å². The van der Waals surface area contributed by atoms with Gasteiger partial charge in [0.1, 0.15) is 18.0 Å². The lowest BCUT2D eigenvalue weighted by molar-refractivity contribution is -0.128. The third-order valence-electron chi connectivity index (χ3n) is 5.47. The highest BCUT2D eigenvalue weighted by Crippen LogP contribution is 2.25. The molecule has 164 valence electrons. The molecule has 0 aliphatic carbocycles. The molecular formula is C22H28FN7O. The quantitative estimate of drug-likeness (QED) is 0.677. The second kappa shape index (κ2) is 8.49. The predicted octanol–water partition coefficient (Wildman–Crippen LogP) is 2.45. The van der Waals surface area contributed by atoms with Gasteiger partial charge in [0.15, 0.2) is 5.65 Å². The van der Waals surface area contributed by atoms with Gasteiger partial charge in [-0.25, -0.2) is 19.0 Å². The first-order valence-electron chi connectivity index (χ1n) is 10.5. The Morgan fingerprint density at radius 3 is 2.42 bits per heavy atom. The maximum absolute atomic E-state index is 13.2. The van der Waals surface area contributed by atoms with Crippen molar-refractivity contribution in [2.45, 2.75) is 27.3 Å². The van der Waals surface area contributed by atoms with Gasteiger partial charge in [-0.1, -0.05) is 20.8 Å². The first-order chi connectivity index (χ1) is 14.8. The third kappa shape index (κ3) is 4.60. The Morgan fingerprint density at radius 1 is 1.06 bits per heavy atom. The van der Waals surface area contributed by atoms with Gasteiger partial charge in [-0.05, 0) is 24.3 Å². The van der Waals surface area contributed by atoms with E-state index in [1.165, 1.54) is 12.1 Å². The van der Waals surface area contributed by atoms with E-state index in [1.807, 2.05) is 32.9 Å². The number of aromatic nitrogens is 4. The number of anilines is 2. The van der Waals surface area contributed by atoms with Gasteiger partial charge in [0, 0.05) is 43.8 Å². The van der Waals surface area contributed by atoms with Crippen LogP contribution in [0.15, 0.2) is 36.8 Å². The topological polar surface area (TPSA) is 79.2 Å². The minimum atomic E-state index is -0.419. The Balaban J connectivity index is 1.42. The molecule has 3 heterocycles. The molecule has 3 aromatic rings. The van der Waals surface area contributed by atoms with Crippen LogP contribution in [-0.4, -0.2) is 58.4 Å². The third-order valence-corrected chi connectivity index (χ3v) is 5.47. The zero-order chi connectivity index (χ0) is 22.0. The van der Waals surface area contributed by atoms with E-state index in [-0.39, 0.29) is 11.7 Å². The first kappa shape index (κ1) is 21.0. The number of carbonyl (C=O) groups is 1. The average Bonchev–Trinajstić information content (AvgIpc) is 3.17. The zero-order valence-electron chi connectivity index (χ0n) is 18.2. The summed E-state index contributed by atoms with van der Waals surface area (Å²) in [7, 11) is 0. The summed E-state index contributed by atoms with van der Waals surface area (Å²) in [5.41, 5.74) is 1.37. The molecule has 0 bridgehead atoms. The SMILES string of the molecule is CC(C)(C)C(=O)NCCn1ncc2c(N3CCN(c4ccc(F)cc4)CC3)ncnc21. The molecule has 1 N–H and O–H groups in total. The lowest BCUT2D eigenvalue weighted by Gasteiger charge is -2.36. The van der Waals surface area contributed by atoms with Crippen molar-refractivity contribution in [3.8, 4) is 0 Å². The van der Waals surface area contributed by atoms with Gasteiger partial charge in [-0.2, -0.15) is 5.10 Å². The Labute approximate surface area is 181 Å². The molecule has 31 heavy (non-hydrogen) atoms. The van der Waals surface area contributed by atoms with E-state index >= 15 is 0 Å². The lowest BCUT2D eigenvalue weighted by atomic mass is 9.96. The van der Waals surface area contributed by atoms with Crippen molar-refractivity contribution in [3.63, 3.8) is 0 Å². The van der Waals surface area contributed by atoms with Gasteiger partial charge in [0.25, 0.3) is 0 Å². The number of halogens is 1. The Bertz CT molecular complexity index is 1050. The number of benzene rings is 1. The second-order valence-electron chi connectivity index (χ2n) is 8.76. The van der Waals surface area contributed by atoms with Crippen molar-refractivity contribution in [1.29, 1.82) is 0 Å². The molecule has 1 amide bonds. The molecule has 0 unspecified atom stereocenters. The summed E-state index contributed by atoms with van der Waals surface area (Å²) in [5, 5.41) is 8.32. The minimum absolute atomic E-state index is 0.0123. The van der Waals surface area contributed by atoms with E-state index in [9.17, 15) is 9.18 Å². The number of fused-ring (bicyclic) bond motifs is 1. The van der Waals surface area contributed by atoms with Crippen LogP contribution in [0.5, 0.6) is 0 Å². The fourth-order valence-corrected chi connectivity index (χ4v) is 3.67. The minimum Gasteiger partial charge on any atom is -0.368 e. The Kier molecular flexibility index (Phi) is 5.75. The monoisotopic (exact) mass is 425 g/mol. The normalized spacial score (nSPS) is 14.8. The van der Waals surface area contributed by atoms with Crippen molar-refractivity contribution in [1.82, 2.24) is 25.1 Å². The van der Waals surface area contributed by atoms with E-state index in [4.69, 9.17) is 0 Å². The average molecular weight is 426 g/mol. The number of nitrogens with zero attached hydrogens (tertiary/aromatic N) is 6. The Hall–Kier alpha value is -3.23. The number of rotatable bonds is 5. The molecule has 0 radical (unpaired) electrons.